The second kappa shape index (κ2) is 8.29. The van der Waals surface area contributed by atoms with Crippen molar-refractivity contribution in [2.45, 2.75) is 49.5 Å². The fourth-order valence-corrected chi connectivity index (χ4v) is 4.81. The van der Waals surface area contributed by atoms with Crippen molar-refractivity contribution in [1.29, 1.82) is 0 Å². The SMILES string of the molecule is O=C(NC1CCCCCC1)c1ccc(S(=O)(=O)N2CCOCC2)cc1. The number of carbonyl (C=O) groups is 1. The first-order valence-electron chi connectivity index (χ1n) is 9.06. The zero-order valence-electron chi connectivity index (χ0n) is 14.4. The second-order valence-electron chi connectivity index (χ2n) is 6.70. The van der Waals surface area contributed by atoms with Crippen LogP contribution >= 0.6 is 0 Å². The van der Waals surface area contributed by atoms with E-state index in [2.05, 4.69) is 5.32 Å². The van der Waals surface area contributed by atoms with E-state index >= 15 is 0 Å². The van der Waals surface area contributed by atoms with E-state index in [0.29, 0.717) is 31.9 Å². The van der Waals surface area contributed by atoms with Gasteiger partial charge in [0.25, 0.3) is 5.91 Å². The lowest BCUT2D eigenvalue weighted by Gasteiger charge is -2.26. The van der Waals surface area contributed by atoms with Gasteiger partial charge in [-0.05, 0) is 37.1 Å². The van der Waals surface area contributed by atoms with Crippen LogP contribution in [0.4, 0.5) is 0 Å². The van der Waals surface area contributed by atoms with Crippen LogP contribution in [-0.2, 0) is 14.8 Å². The summed E-state index contributed by atoms with van der Waals surface area (Å²) in [7, 11) is -3.51. The molecule has 3 rings (SSSR count). The predicted molar refractivity (Wildman–Crippen MR) is 95.0 cm³/mol. The number of hydrogen-bond acceptors (Lipinski definition) is 4. The Balaban J connectivity index is 1.65. The van der Waals surface area contributed by atoms with Gasteiger partial charge in [0.2, 0.25) is 10.0 Å². The van der Waals surface area contributed by atoms with Crippen LogP contribution in [0.15, 0.2) is 29.2 Å². The number of ether oxygens (including phenoxy) is 1. The summed E-state index contributed by atoms with van der Waals surface area (Å²) in [6.07, 6.45) is 6.83. The quantitative estimate of drug-likeness (QED) is 0.829. The van der Waals surface area contributed by atoms with Crippen LogP contribution in [0.25, 0.3) is 0 Å². The first-order chi connectivity index (χ1) is 12.1. The molecule has 1 N–H and O–H groups in total. The number of amides is 1. The van der Waals surface area contributed by atoms with Gasteiger partial charge in [-0.25, -0.2) is 8.42 Å². The highest BCUT2D eigenvalue weighted by atomic mass is 32.2. The van der Waals surface area contributed by atoms with Crippen LogP contribution in [-0.4, -0.2) is 51.0 Å². The Hall–Kier alpha value is -1.44. The highest BCUT2D eigenvalue weighted by Gasteiger charge is 2.26. The number of nitrogens with zero attached hydrogens (tertiary/aromatic N) is 1. The van der Waals surface area contributed by atoms with Crippen molar-refractivity contribution in [1.82, 2.24) is 9.62 Å². The Bertz CT molecular complexity index is 674. The van der Waals surface area contributed by atoms with E-state index in [1.54, 1.807) is 12.1 Å². The molecule has 2 aliphatic rings. The zero-order chi connectivity index (χ0) is 17.7. The largest absolute Gasteiger partial charge is 0.379 e. The van der Waals surface area contributed by atoms with Crippen molar-refractivity contribution in [2.24, 2.45) is 0 Å². The van der Waals surface area contributed by atoms with Gasteiger partial charge in [0.05, 0.1) is 18.1 Å². The molecule has 1 aliphatic carbocycles. The van der Waals surface area contributed by atoms with Gasteiger partial charge in [-0.2, -0.15) is 4.31 Å². The molecule has 138 valence electrons. The molecule has 7 heteroatoms. The Morgan fingerprint density at radius 1 is 1.00 bits per heavy atom. The van der Waals surface area contributed by atoms with Gasteiger partial charge in [-0.3, -0.25) is 4.79 Å². The average Bonchev–Trinajstić information content (AvgIpc) is 2.91. The van der Waals surface area contributed by atoms with Crippen molar-refractivity contribution >= 4 is 15.9 Å². The van der Waals surface area contributed by atoms with E-state index in [4.69, 9.17) is 4.74 Å². The smallest absolute Gasteiger partial charge is 0.251 e. The summed E-state index contributed by atoms with van der Waals surface area (Å²) >= 11 is 0. The molecule has 1 amide bonds. The lowest BCUT2D eigenvalue weighted by molar-refractivity contribution is 0.0730. The standard InChI is InChI=1S/C18H26N2O4S/c21-18(19-16-5-3-1-2-4-6-16)15-7-9-17(10-8-15)25(22,23)20-11-13-24-14-12-20/h7-10,16H,1-6,11-14H2,(H,19,21). The minimum Gasteiger partial charge on any atom is -0.379 e. The molecular weight excluding hydrogens is 340 g/mol. The molecule has 6 nitrogen and oxygen atoms in total. The third kappa shape index (κ3) is 4.59. The lowest BCUT2D eigenvalue weighted by Crippen LogP contribution is -2.40. The highest BCUT2D eigenvalue weighted by molar-refractivity contribution is 7.89. The number of carbonyl (C=O) groups excluding carboxylic acids is 1. The molecule has 1 heterocycles. The fourth-order valence-electron chi connectivity index (χ4n) is 3.41. The molecule has 25 heavy (non-hydrogen) atoms. The van der Waals surface area contributed by atoms with E-state index in [9.17, 15) is 13.2 Å². The monoisotopic (exact) mass is 366 g/mol. The molecule has 1 aromatic carbocycles. The third-order valence-corrected chi connectivity index (χ3v) is 6.83. The van der Waals surface area contributed by atoms with Gasteiger partial charge in [0.15, 0.2) is 0 Å². The van der Waals surface area contributed by atoms with Crippen molar-refractivity contribution in [3.8, 4) is 0 Å². The van der Waals surface area contributed by atoms with Crippen molar-refractivity contribution < 1.29 is 17.9 Å². The van der Waals surface area contributed by atoms with E-state index < -0.39 is 10.0 Å². The second-order valence-corrected chi connectivity index (χ2v) is 8.64. The van der Waals surface area contributed by atoms with E-state index in [1.807, 2.05) is 0 Å². The summed E-state index contributed by atoms with van der Waals surface area (Å²) < 4.78 is 31.8. The summed E-state index contributed by atoms with van der Waals surface area (Å²) in [5.41, 5.74) is 0.505. The molecule has 0 radical (unpaired) electrons. The molecule has 2 fully saturated rings. The molecule has 0 aromatic heterocycles. The minimum atomic E-state index is -3.51. The summed E-state index contributed by atoms with van der Waals surface area (Å²) in [6, 6.07) is 6.46. The van der Waals surface area contributed by atoms with Gasteiger partial charge in [-0.1, -0.05) is 25.7 Å². The Morgan fingerprint density at radius 2 is 1.60 bits per heavy atom. The Kier molecular flexibility index (Phi) is 6.09. The Labute approximate surface area is 149 Å². The van der Waals surface area contributed by atoms with Crippen LogP contribution < -0.4 is 5.32 Å². The van der Waals surface area contributed by atoms with Crippen molar-refractivity contribution in [3.63, 3.8) is 0 Å². The first kappa shape index (κ1) is 18.4. The van der Waals surface area contributed by atoms with Gasteiger partial charge in [0.1, 0.15) is 0 Å². The van der Waals surface area contributed by atoms with Gasteiger partial charge < -0.3 is 10.1 Å². The molecule has 0 spiro atoms. The van der Waals surface area contributed by atoms with E-state index in [-0.39, 0.29) is 16.8 Å². The number of sulfonamides is 1. The molecule has 1 aromatic rings. The number of morpholine rings is 1. The summed E-state index contributed by atoms with van der Waals surface area (Å²) in [6.45, 7) is 1.57. The summed E-state index contributed by atoms with van der Waals surface area (Å²) in [5.74, 6) is -0.123. The third-order valence-electron chi connectivity index (χ3n) is 4.91. The highest BCUT2D eigenvalue weighted by Crippen LogP contribution is 2.19. The molecule has 0 unspecified atom stereocenters. The van der Waals surface area contributed by atoms with E-state index in [1.165, 1.54) is 29.3 Å². The minimum absolute atomic E-state index is 0.123. The van der Waals surface area contributed by atoms with Crippen LogP contribution in [0, 0.1) is 0 Å². The average molecular weight is 366 g/mol. The van der Waals surface area contributed by atoms with Gasteiger partial charge in [0, 0.05) is 24.7 Å². The molecular formula is C18H26N2O4S. The van der Waals surface area contributed by atoms with Crippen LogP contribution in [0.1, 0.15) is 48.9 Å². The summed E-state index contributed by atoms with van der Waals surface area (Å²) in [4.78, 5) is 12.6. The Morgan fingerprint density at radius 3 is 2.20 bits per heavy atom. The predicted octanol–water partition coefficient (Wildman–Crippen LogP) is 2.16. The summed E-state index contributed by atoms with van der Waals surface area (Å²) in [5, 5.41) is 3.08. The van der Waals surface area contributed by atoms with Gasteiger partial charge in [-0.15, -0.1) is 0 Å². The van der Waals surface area contributed by atoms with Crippen molar-refractivity contribution in [2.75, 3.05) is 26.3 Å². The molecule has 1 saturated carbocycles. The van der Waals surface area contributed by atoms with Crippen LogP contribution in [0.2, 0.25) is 0 Å². The van der Waals surface area contributed by atoms with Crippen LogP contribution in [0.5, 0.6) is 0 Å². The number of rotatable bonds is 4. The number of hydrogen-bond donors (Lipinski definition) is 1. The number of benzene rings is 1. The van der Waals surface area contributed by atoms with Gasteiger partial charge >= 0.3 is 0 Å². The normalized spacial score (nSPS) is 20.8. The first-order valence-corrected chi connectivity index (χ1v) is 10.5. The maximum Gasteiger partial charge on any atom is 0.251 e. The lowest BCUT2D eigenvalue weighted by atomic mass is 10.1. The molecule has 1 saturated heterocycles. The maximum atomic E-state index is 12.6. The van der Waals surface area contributed by atoms with E-state index in [0.717, 1.165) is 25.7 Å². The number of nitrogens with one attached hydrogen (secondary N) is 1. The van der Waals surface area contributed by atoms with Crippen molar-refractivity contribution in [3.05, 3.63) is 29.8 Å². The topological polar surface area (TPSA) is 75.7 Å². The molecule has 0 bridgehead atoms. The molecule has 1 aliphatic heterocycles. The molecule has 0 atom stereocenters. The zero-order valence-corrected chi connectivity index (χ0v) is 15.3. The fraction of sp³-hybridized carbons (Fsp3) is 0.611. The maximum absolute atomic E-state index is 12.6. The van der Waals surface area contributed by atoms with Crippen LogP contribution in [0.3, 0.4) is 0 Å².